The van der Waals surface area contributed by atoms with Gasteiger partial charge in [-0.25, -0.2) is 0 Å². The minimum Gasteiger partial charge on any atom is -0.394 e. The SMILES string of the molecule is OC[C@H]1O[C@@H](OC[C@H]2O[C@@H](O)[C@@H](O)[C@@H](O[C@@H]3O[C@H](CO)[C@@H](O)[C@H](O)[C@@H]3O)[C@@H]2O)[C@@H](O)[C@@H](O)[C@@H]1O. The van der Waals surface area contributed by atoms with Gasteiger partial charge < -0.3 is 79.9 Å². The van der Waals surface area contributed by atoms with Crippen LogP contribution in [0.2, 0.25) is 0 Å². The quantitative estimate of drug-likeness (QED) is 0.154. The fraction of sp³-hybridized carbons (Fsp3) is 1.00. The average Bonchev–Trinajstić information content (AvgIpc) is 2.82. The van der Waals surface area contributed by atoms with E-state index in [1.54, 1.807) is 0 Å². The second-order valence-corrected chi connectivity index (χ2v) is 8.37. The molecule has 3 saturated heterocycles. The Morgan fingerprint density at radius 2 is 1.00 bits per heavy atom. The van der Waals surface area contributed by atoms with E-state index in [4.69, 9.17) is 23.7 Å². The molecule has 11 N–H and O–H groups in total. The molecule has 0 spiro atoms. The van der Waals surface area contributed by atoms with Crippen molar-refractivity contribution in [3.8, 4) is 0 Å². The van der Waals surface area contributed by atoms with Crippen LogP contribution >= 0.6 is 0 Å². The first kappa shape index (κ1) is 27.9. The Morgan fingerprint density at radius 3 is 1.53 bits per heavy atom. The molecular formula is C18H32O16. The lowest BCUT2D eigenvalue weighted by molar-refractivity contribution is -0.361. The van der Waals surface area contributed by atoms with E-state index >= 15 is 0 Å². The van der Waals surface area contributed by atoms with Gasteiger partial charge in [0.05, 0.1) is 19.8 Å². The molecule has 0 aliphatic carbocycles. The zero-order valence-electron chi connectivity index (χ0n) is 17.7. The second kappa shape index (κ2) is 11.6. The molecular weight excluding hydrogens is 472 g/mol. The summed E-state index contributed by atoms with van der Waals surface area (Å²) in [7, 11) is 0. The van der Waals surface area contributed by atoms with Gasteiger partial charge in [0.25, 0.3) is 0 Å². The van der Waals surface area contributed by atoms with Crippen LogP contribution in [0.25, 0.3) is 0 Å². The van der Waals surface area contributed by atoms with Crippen LogP contribution < -0.4 is 0 Å². The Labute approximate surface area is 192 Å². The fourth-order valence-electron chi connectivity index (χ4n) is 3.94. The number of aliphatic hydroxyl groups excluding tert-OH is 11. The van der Waals surface area contributed by atoms with E-state index in [1.165, 1.54) is 0 Å². The molecule has 0 amide bonds. The van der Waals surface area contributed by atoms with Crippen LogP contribution in [0.3, 0.4) is 0 Å². The normalized spacial score (nSPS) is 52.5. The molecule has 0 aromatic carbocycles. The number of aliphatic hydroxyl groups is 11. The predicted octanol–water partition coefficient (Wildman–Crippen LogP) is -7.57. The van der Waals surface area contributed by atoms with Crippen molar-refractivity contribution in [1.29, 1.82) is 0 Å². The minimum absolute atomic E-state index is 0.609. The summed E-state index contributed by atoms with van der Waals surface area (Å²) in [5.74, 6) is 0. The molecule has 0 aromatic heterocycles. The first-order valence-electron chi connectivity index (χ1n) is 10.6. The van der Waals surface area contributed by atoms with Gasteiger partial charge in [0.2, 0.25) is 0 Å². The highest BCUT2D eigenvalue weighted by Crippen LogP contribution is 2.29. The van der Waals surface area contributed by atoms with Crippen molar-refractivity contribution >= 4 is 0 Å². The van der Waals surface area contributed by atoms with E-state index in [-0.39, 0.29) is 0 Å². The van der Waals surface area contributed by atoms with Gasteiger partial charge in [0.1, 0.15) is 73.2 Å². The summed E-state index contributed by atoms with van der Waals surface area (Å²) in [6.07, 6.45) is -24.9. The van der Waals surface area contributed by atoms with Gasteiger partial charge in [-0.15, -0.1) is 0 Å². The van der Waals surface area contributed by atoms with E-state index in [9.17, 15) is 56.2 Å². The summed E-state index contributed by atoms with van der Waals surface area (Å²) in [6, 6.07) is 0. The molecule has 16 heteroatoms. The van der Waals surface area contributed by atoms with E-state index in [0.717, 1.165) is 0 Å². The number of ether oxygens (including phenoxy) is 5. The van der Waals surface area contributed by atoms with Gasteiger partial charge in [0.15, 0.2) is 18.9 Å². The van der Waals surface area contributed by atoms with Crippen molar-refractivity contribution in [2.24, 2.45) is 0 Å². The molecule has 34 heavy (non-hydrogen) atoms. The molecule has 3 aliphatic rings. The summed E-state index contributed by atoms with van der Waals surface area (Å²) in [6.45, 7) is -2.06. The van der Waals surface area contributed by atoms with Crippen LogP contribution in [0, 0.1) is 0 Å². The van der Waals surface area contributed by atoms with Crippen molar-refractivity contribution in [3.63, 3.8) is 0 Å². The highest BCUT2D eigenvalue weighted by Gasteiger charge is 2.51. The third-order valence-corrected chi connectivity index (χ3v) is 6.07. The number of rotatable bonds is 7. The van der Waals surface area contributed by atoms with Gasteiger partial charge in [-0.3, -0.25) is 0 Å². The average molecular weight is 504 g/mol. The zero-order valence-corrected chi connectivity index (χ0v) is 17.7. The maximum atomic E-state index is 10.6. The highest BCUT2D eigenvalue weighted by molar-refractivity contribution is 4.94. The Balaban J connectivity index is 1.65. The third-order valence-electron chi connectivity index (χ3n) is 6.07. The third kappa shape index (κ3) is 5.52. The number of hydrogen-bond donors (Lipinski definition) is 11. The van der Waals surface area contributed by atoms with Crippen LogP contribution in [0.4, 0.5) is 0 Å². The van der Waals surface area contributed by atoms with Crippen LogP contribution in [0.5, 0.6) is 0 Å². The molecule has 0 bridgehead atoms. The molecule has 3 fully saturated rings. The lowest BCUT2D eigenvalue weighted by atomic mass is 9.97. The zero-order chi connectivity index (χ0) is 25.3. The standard InChI is InChI=1S/C18H32O16/c19-1-4-7(21)10(24)12(26)17(32-4)30-3-6-9(23)15(14(28)16(29)31-6)34-18-13(27)11(25)8(22)5(2-20)33-18/h4-29H,1-3H2/t4-,5-,6-,7-,8-,9-,10+,11+,12+,13+,14+,15+,16-,17-,18+/m1/s1. The molecule has 3 aliphatic heterocycles. The Morgan fingerprint density at radius 1 is 0.500 bits per heavy atom. The van der Waals surface area contributed by atoms with Crippen molar-refractivity contribution < 1.29 is 79.9 Å². The van der Waals surface area contributed by atoms with Gasteiger partial charge >= 0.3 is 0 Å². The largest absolute Gasteiger partial charge is 0.394 e. The van der Waals surface area contributed by atoms with Gasteiger partial charge in [0, 0.05) is 0 Å². The molecule has 200 valence electrons. The van der Waals surface area contributed by atoms with E-state index in [2.05, 4.69) is 0 Å². The van der Waals surface area contributed by atoms with Crippen LogP contribution in [-0.4, -0.2) is 168 Å². The highest BCUT2D eigenvalue weighted by atomic mass is 16.7. The maximum Gasteiger partial charge on any atom is 0.187 e. The van der Waals surface area contributed by atoms with Gasteiger partial charge in [-0.1, -0.05) is 0 Å². The summed E-state index contributed by atoms with van der Waals surface area (Å²) in [5.41, 5.74) is 0. The fourth-order valence-corrected chi connectivity index (χ4v) is 3.94. The Kier molecular flexibility index (Phi) is 9.54. The Hall–Kier alpha value is -0.640. The lowest BCUT2D eigenvalue weighted by Gasteiger charge is -2.45. The molecule has 15 atom stereocenters. The summed E-state index contributed by atoms with van der Waals surface area (Å²) in [4.78, 5) is 0. The second-order valence-electron chi connectivity index (χ2n) is 8.37. The first-order valence-corrected chi connectivity index (χ1v) is 10.6. The van der Waals surface area contributed by atoms with Gasteiger partial charge in [-0.05, 0) is 0 Å². The first-order chi connectivity index (χ1) is 16.0. The van der Waals surface area contributed by atoms with Crippen LogP contribution in [-0.2, 0) is 23.7 Å². The Bertz CT molecular complexity index is 637. The topological polar surface area (TPSA) is 269 Å². The van der Waals surface area contributed by atoms with Crippen molar-refractivity contribution in [2.75, 3.05) is 19.8 Å². The molecule has 0 radical (unpaired) electrons. The predicted molar refractivity (Wildman–Crippen MR) is 101 cm³/mol. The summed E-state index contributed by atoms with van der Waals surface area (Å²) < 4.78 is 26.1. The van der Waals surface area contributed by atoms with E-state index in [1.807, 2.05) is 0 Å². The summed E-state index contributed by atoms with van der Waals surface area (Å²) in [5, 5.41) is 109. The summed E-state index contributed by atoms with van der Waals surface area (Å²) >= 11 is 0. The lowest BCUT2D eigenvalue weighted by Crippen LogP contribution is -2.65. The smallest absolute Gasteiger partial charge is 0.187 e. The number of hydrogen-bond acceptors (Lipinski definition) is 16. The molecule has 0 aromatic rings. The van der Waals surface area contributed by atoms with Crippen molar-refractivity contribution in [3.05, 3.63) is 0 Å². The van der Waals surface area contributed by atoms with E-state index < -0.39 is 112 Å². The molecule has 3 rings (SSSR count). The van der Waals surface area contributed by atoms with Crippen LogP contribution in [0.15, 0.2) is 0 Å². The van der Waals surface area contributed by atoms with E-state index in [0.29, 0.717) is 0 Å². The molecule has 16 nitrogen and oxygen atoms in total. The van der Waals surface area contributed by atoms with Crippen molar-refractivity contribution in [2.45, 2.75) is 92.1 Å². The minimum atomic E-state index is -1.93. The molecule has 3 heterocycles. The maximum absolute atomic E-state index is 10.6. The molecule has 0 saturated carbocycles. The van der Waals surface area contributed by atoms with Crippen molar-refractivity contribution in [1.82, 2.24) is 0 Å². The monoisotopic (exact) mass is 504 g/mol. The molecule has 0 unspecified atom stereocenters. The van der Waals surface area contributed by atoms with Gasteiger partial charge in [-0.2, -0.15) is 0 Å². The van der Waals surface area contributed by atoms with Crippen LogP contribution in [0.1, 0.15) is 0 Å².